The molecule has 2 rings (SSSR count). The second kappa shape index (κ2) is 11.6. The molecule has 1 aliphatic carbocycles. The van der Waals surface area contributed by atoms with Gasteiger partial charge in [0.25, 0.3) is 0 Å². The highest BCUT2D eigenvalue weighted by molar-refractivity contribution is 5.80. The molecule has 1 saturated carbocycles. The number of nitrogens with one attached hydrogen (secondary N) is 3. The zero-order valence-electron chi connectivity index (χ0n) is 17.0. The van der Waals surface area contributed by atoms with E-state index in [2.05, 4.69) is 39.9 Å². The van der Waals surface area contributed by atoms with Crippen LogP contribution < -0.4 is 16.0 Å². The van der Waals surface area contributed by atoms with Gasteiger partial charge in [0.05, 0.1) is 5.69 Å². The molecule has 0 spiro atoms. The maximum absolute atomic E-state index is 12.0. The van der Waals surface area contributed by atoms with Crippen LogP contribution in [-0.2, 0) is 11.3 Å². The first-order valence-corrected chi connectivity index (χ1v) is 10.3. The van der Waals surface area contributed by atoms with Crippen LogP contribution in [0.4, 0.5) is 0 Å². The number of carbonyl (C=O) groups is 1. The van der Waals surface area contributed by atoms with Gasteiger partial charge in [0.2, 0.25) is 5.91 Å². The summed E-state index contributed by atoms with van der Waals surface area (Å²) < 4.78 is 5.31. The smallest absolute Gasteiger partial charge is 0.220 e. The fourth-order valence-corrected chi connectivity index (χ4v) is 3.28. The molecule has 7 heteroatoms. The number of carbonyl (C=O) groups excluding carboxylic acids is 1. The highest BCUT2D eigenvalue weighted by Gasteiger charge is 2.16. The summed E-state index contributed by atoms with van der Waals surface area (Å²) in [5.74, 6) is 2.53. The van der Waals surface area contributed by atoms with Crippen LogP contribution in [0.1, 0.15) is 76.7 Å². The summed E-state index contributed by atoms with van der Waals surface area (Å²) in [6, 6.07) is 1.95. The lowest BCUT2D eigenvalue weighted by atomic mass is 9.87. The van der Waals surface area contributed by atoms with Gasteiger partial charge in [0, 0.05) is 32.1 Å². The molecular weight excluding hydrogens is 342 g/mol. The van der Waals surface area contributed by atoms with Gasteiger partial charge in [-0.25, -0.2) is 4.99 Å². The van der Waals surface area contributed by atoms with Gasteiger partial charge in [-0.05, 0) is 31.6 Å². The molecule has 0 bridgehead atoms. The predicted octanol–water partition coefficient (Wildman–Crippen LogP) is 2.94. The lowest BCUT2D eigenvalue weighted by Crippen LogP contribution is -2.41. The van der Waals surface area contributed by atoms with Crippen molar-refractivity contribution >= 4 is 11.9 Å². The average Bonchev–Trinajstić information content (AvgIpc) is 3.13. The summed E-state index contributed by atoms with van der Waals surface area (Å²) in [7, 11) is 0. The van der Waals surface area contributed by atoms with E-state index in [4.69, 9.17) is 4.52 Å². The molecule has 7 nitrogen and oxygen atoms in total. The van der Waals surface area contributed by atoms with Gasteiger partial charge in [0.15, 0.2) is 11.7 Å². The Hall–Kier alpha value is -2.05. The Morgan fingerprint density at radius 2 is 1.96 bits per heavy atom. The second-order valence-corrected chi connectivity index (χ2v) is 7.55. The zero-order valence-corrected chi connectivity index (χ0v) is 17.0. The third-order valence-electron chi connectivity index (χ3n) is 4.84. The number of hydrogen-bond acceptors (Lipinski definition) is 4. The van der Waals surface area contributed by atoms with Crippen LogP contribution in [0.5, 0.6) is 0 Å². The number of guanidine groups is 1. The van der Waals surface area contributed by atoms with Crippen LogP contribution in [0.15, 0.2) is 15.6 Å². The molecule has 0 radical (unpaired) electrons. The molecule has 0 aromatic carbocycles. The van der Waals surface area contributed by atoms with E-state index in [1.165, 1.54) is 32.1 Å². The summed E-state index contributed by atoms with van der Waals surface area (Å²) in [6.45, 7) is 8.62. The second-order valence-electron chi connectivity index (χ2n) is 7.55. The van der Waals surface area contributed by atoms with Crippen molar-refractivity contribution in [3.8, 4) is 0 Å². The number of aromatic nitrogens is 1. The molecule has 3 N–H and O–H groups in total. The monoisotopic (exact) mass is 377 g/mol. The molecule has 0 saturated heterocycles. The van der Waals surface area contributed by atoms with Crippen LogP contribution in [-0.4, -0.2) is 36.7 Å². The summed E-state index contributed by atoms with van der Waals surface area (Å²) in [6.07, 6.45) is 6.92. The number of nitrogens with zero attached hydrogens (tertiary/aromatic N) is 2. The van der Waals surface area contributed by atoms with Gasteiger partial charge in [-0.1, -0.05) is 38.3 Å². The molecule has 1 aromatic heterocycles. The third-order valence-corrected chi connectivity index (χ3v) is 4.84. The molecule has 27 heavy (non-hydrogen) atoms. The minimum atomic E-state index is 0.161. The van der Waals surface area contributed by atoms with Crippen molar-refractivity contribution in [1.82, 2.24) is 21.1 Å². The third kappa shape index (κ3) is 8.01. The maximum Gasteiger partial charge on any atom is 0.220 e. The minimum absolute atomic E-state index is 0.161. The van der Waals surface area contributed by atoms with Crippen LogP contribution in [0.25, 0.3) is 0 Å². The number of amides is 1. The van der Waals surface area contributed by atoms with E-state index in [1.807, 2.05) is 13.0 Å². The van der Waals surface area contributed by atoms with Crippen molar-refractivity contribution in [2.75, 3.05) is 19.6 Å². The maximum atomic E-state index is 12.0. The summed E-state index contributed by atoms with van der Waals surface area (Å²) >= 11 is 0. The molecule has 0 atom stereocenters. The van der Waals surface area contributed by atoms with E-state index in [9.17, 15) is 4.79 Å². The van der Waals surface area contributed by atoms with Crippen LogP contribution in [0.3, 0.4) is 0 Å². The van der Waals surface area contributed by atoms with Gasteiger partial charge in [-0.3, -0.25) is 4.79 Å². The topological polar surface area (TPSA) is 91.6 Å². The molecule has 0 unspecified atom stereocenters. The van der Waals surface area contributed by atoms with Crippen LogP contribution in [0.2, 0.25) is 0 Å². The van der Waals surface area contributed by atoms with Gasteiger partial charge in [-0.2, -0.15) is 0 Å². The first-order valence-electron chi connectivity index (χ1n) is 10.3. The summed E-state index contributed by atoms with van der Waals surface area (Å²) in [5.41, 5.74) is 0.943. The lowest BCUT2D eigenvalue weighted by molar-refractivity contribution is -0.122. The Labute approximate surface area is 162 Å². The Kier molecular flexibility index (Phi) is 9.15. The first-order chi connectivity index (χ1) is 13.1. The molecule has 1 fully saturated rings. The summed E-state index contributed by atoms with van der Waals surface area (Å²) in [5, 5.41) is 13.5. The van der Waals surface area contributed by atoms with Crippen molar-refractivity contribution in [2.45, 2.75) is 71.8 Å². The molecule has 1 heterocycles. The predicted molar refractivity (Wildman–Crippen MR) is 108 cm³/mol. The normalized spacial score (nSPS) is 15.8. The molecule has 152 valence electrons. The van der Waals surface area contributed by atoms with Gasteiger partial charge in [0.1, 0.15) is 6.54 Å². The number of aliphatic imine (C=N–C) groups is 1. The molecule has 1 amide bonds. The lowest BCUT2D eigenvalue weighted by Gasteiger charge is -2.20. The number of rotatable bonds is 9. The Morgan fingerprint density at radius 3 is 2.63 bits per heavy atom. The van der Waals surface area contributed by atoms with Gasteiger partial charge in [-0.15, -0.1) is 0 Å². The van der Waals surface area contributed by atoms with E-state index in [0.29, 0.717) is 43.9 Å². The largest absolute Gasteiger partial charge is 0.359 e. The molecule has 0 aliphatic heterocycles. The Morgan fingerprint density at radius 1 is 1.22 bits per heavy atom. The van der Waals surface area contributed by atoms with E-state index < -0.39 is 0 Å². The molecule has 1 aromatic rings. The molecular formula is C20H35N5O2. The van der Waals surface area contributed by atoms with Crippen molar-refractivity contribution < 1.29 is 9.32 Å². The highest BCUT2D eigenvalue weighted by atomic mass is 16.5. The Bertz CT molecular complexity index is 591. The average molecular weight is 378 g/mol. The highest BCUT2D eigenvalue weighted by Crippen LogP contribution is 2.25. The Balaban J connectivity index is 1.69. The standard InChI is InChI=1S/C20H35N5O2/c1-4-21-20(24-14-17-13-18(15(2)3)25-27-17)23-11-10-22-19(26)12-16-8-6-5-7-9-16/h13,15-16H,4-12,14H2,1-3H3,(H,22,26)(H2,21,23,24). The van der Waals surface area contributed by atoms with Crippen LogP contribution in [0, 0.1) is 5.92 Å². The van der Waals surface area contributed by atoms with E-state index in [0.717, 1.165) is 18.0 Å². The number of hydrogen-bond donors (Lipinski definition) is 3. The minimum Gasteiger partial charge on any atom is -0.359 e. The van der Waals surface area contributed by atoms with Gasteiger partial charge >= 0.3 is 0 Å². The fourth-order valence-electron chi connectivity index (χ4n) is 3.28. The van der Waals surface area contributed by atoms with Crippen molar-refractivity contribution in [1.29, 1.82) is 0 Å². The van der Waals surface area contributed by atoms with Crippen LogP contribution >= 0.6 is 0 Å². The van der Waals surface area contributed by atoms with E-state index >= 15 is 0 Å². The van der Waals surface area contributed by atoms with Crippen molar-refractivity contribution in [2.24, 2.45) is 10.9 Å². The zero-order chi connectivity index (χ0) is 19.5. The van der Waals surface area contributed by atoms with E-state index in [1.54, 1.807) is 0 Å². The quantitative estimate of drug-likeness (QED) is 0.350. The fraction of sp³-hybridized carbons (Fsp3) is 0.750. The SMILES string of the molecule is CCNC(=NCc1cc(C(C)C)no1)NCCNC(=O)CC1CCCCC1. The van der Waals surface area contributed by atoms with Crippen molar-refractivity contribution in [3.05, 3.63) is 17.5 Å². The van der Waals surface area contributed by atoms with Crippen molar-refractivity contribution in [3.63, 3.8) is 0 Å². The first kappa shape index (κ1) is 21.3. The van der Waals surface area contributed by atoms with E-state index in [-0.39, 0.29) is 5.91 Å². The van der Waals surface area contributed by atoms with Gasteiger partial charge < -0.3 is 20.5 Å². The summed E-state index contributed by atoms with van der Waals surface area (Å²) in [4.78, 5) is 16.6. The molecule has 1 aliphatic rings.